The molecule has 2 saturated heterocycles. The van der Waals surface area contributed by atoms with Crippen LogP contribution < -0.4 is 4.74 Å². The highest BCUT2D eigenvalue weighted by atomic mass is 35.5. The summed E-state index contributed by atoms with van der Waals surface area (Å²) in [6.45, 7) is 9.50. The van der Waals surface area contributed by atoms with Crippen LogP contribution in [0.25, 0.3) is 16.6 Å². The number of hydrogen-bond donors (Lipinski definition) is 0. The number of aromatic nitrogens is 1. The van der Waals surface area contributed by atoms with Gasteiger partial charge < -0.3 is 19.1 Å². The molecule has 188 valence electrons. The van der Waals surface area contributed by atoms with Crippen LogP contribution in [0.3, 0.4) is 0 Å². The van der Waals surface area contributed by atoms with Crippen molar-refractivity contribution >= 4 is 22.5 Å². The van der Waals surface area contributed by atoms with E-state index in [1.807, 2.05) is 24.3 Å². The van der Waals surface area contributed by atoms with Crippen molar-refractivity contribution in [1.82, 2.24) is 19.3 Å². The zero-order valence-electron chi connectivity index (χ0n) is 21.0. The van der Waals surface area contributed by atoms with Crippen molar-refractivity contribution in [2.45, 2.75) is 38.1 Å². The number of fused-ring (bicyclic) bond motifs is 1. The van der Waals surface area contributed by atoms with E-state index in [2.05, 4.69) is 56.8 Å². The molecule has 6 heteroatoms. The molecule has 5 rings (SSSR count). The summed E-state index contributed by atoms with van der Waals surface area (Å²) in [5, 5.41) is 1.95. The first-order valence-electron chi connectivity index (χ1n) is 13.3. The normalized spacial score (nSPS) is 18.9. The minimum absolute atomic E-state index is 0.756. The fraction of sp³-hybridized carbons (Fsp3) is 0.517. The van der Waals surface area contributed by atoms with Gasteiger partial charge in [-0.15, -0.1) is 0 Å². The maximum atomic E-state index is 6.08. The van der Waals surface area contributed by atoms with E-state index in [-0.39, 0.29) is 0 Å². The number of rotatable bonds is 9. The van der Waals surface area contributed by atoms with Crippen LogP contribution in [0.4, 0.5) is 0 Å². The standard InChI is InChI=1S/C29H39ClN4O/c1-31-15-12-26(13-16-31)33-20-18-32(19-21-33)14-3-2-4-22-35-28-9-10-29-24(23-28)11-17-34(29)27-7-5-25(30)6-8-27/h5-11,17,23,26H,2-4,12-16,18-22H2,1H3. The maximum Gasteiger partial charge on any atom is 0.120 e. The number of benzene rings is 2. The summed E-state index contributed by atoms with van der Waals surface area (Å²) in [6.07, 6.45) is 8.39. The highest BCUT2D eigenvalue weighted by molar-refractivity contribution is 6.30. The van der Waals surface area contributed by atoms with E-state index < -0.39 is 0 Å². The summed E-state index contributed by atoms with van der Waals surface area (Å²) < 4.78 is 8.26. The van der Waals surface area contributed by atoms with E-state index in [4.69, 9.17) is 16.3 Å². The summed E-state index contributed by atoms with van der Waals surface area (Å²) in [7, 11) is 2.25. The average Bonchev–Trinajstić information content (AvgIpc) is 3.31. The molecule has 0 saturated carbocycles. The number of unbranched alkanes of at least 4 members (excludes halogenated alkanes) is 2. The summed E-state index contributed by atoms with van der Waals surface area (Å²) in [6, 6.07) is 17.3. The Morgan fingerprint density at radius 1 is 0.857 bits per heavy atom. The van der Waals surface area contributed by atoms with Crippen molar-refractivity contribution in [3.8, 4) is 11.4 Å². The Morgan fingerprint density at radius 3 is 2.40 bits per heavy atom. The molecule has 0 N–H and O–H groups in total. The van der Waals surface area contributed by atoms with Crippen LogP contribution in [0, 0.1) is 0 Å². The Balaban J connectivity index is 0.992. The van der Waals surface area contributed by atoms with E-state index in [0.717, 1.165) is 35.5 Å². The van der Waals surface area contributed by atoms with E-state index in [0.29, 0.717) is 0 Å². The molecule has 1 aromatic heterocycles. The molecule has 0 bridgehead atoms. The molecule has 3 aromatic rings. The van der Waals surface area contributed by atoms with E-state index in [1.54, 1.807) is 0 Å². The van der Waals surface area contributed by atoms with Crippen molar-refractivity contribution < 1.29 is 4.74 Å². The van der Waals surface area contributed by atoms with Gasteiger partial charge in [-0.2, -0.15) is 0 Å². The predicted octanol–water partition coefficient (Wildman–Crippen LogP) is 5.54. The first kappa shape index (κ1) is 24.6. The molecule has 35 heavy (non-hydrogen) atoms. The zero-order valence-corrected chi connectivity index (χ0v) is 21.8. The van der Waals surface area contributed by atoms with Crippen LogP contribution in [-0.4, -0.2) is 84.8 Å². The molecule has 5 nitrogen and oxygen atoms in total. The number of nitrogens with zero attached hydrogens (tertiary/aromatic N) is 4. The lowest BCUT2D eigenvalue weighted by atomic mass is 10.0. The maximum absolute atomic E-state index is 6.08. The Bertz CT molecular complexity index is 1070. The minimum Gasteiger partial charge on any atom is -0.494 e. The van der Waals surface area contributed by atoms with Crippen molar-refractivity contribution in [2.75, 3.05) is 59.5 Å². The van der Waals surface area contributed by atoms with Crippen molar-refractivity contribution in [3.05, 3.63) is 59.8 Å². The number of piperazine rings is 1. The second kappa shape index (κ2) is 11.8. The molecule has 2 fully saturated rings. The molecular weight excluding hydrogens is 456 g/mol. The zero-order chi connectivity index (χ0) is 24.0. The van der Waals surface area contributed by atoms with Crippen molar-refractivity contribution in [2.24, 2.45) is 0 Å². The second-order valence-electron chi connectivity index (χ2n) is 10.2. The molecule has 3 heterocycles. The predicted molar refractivity (Wildman–Crippen MR) is 146 cm³/mol. The van der Waals surface area contributed by atoms with Gasteiger partial charge >= 0.3 is 0 Å². The van der Waals surface area contributed by atoms with Gasteiger partial charge in [0.15, 0.2) is 0 Å². The molecule has 0 radical (unpaired) electrons. The average molecular weight is 495 g/mol. The fourth-order valence-corrected chi connectivity index (χ4v) is 5.68. The van der Waals surface area contributed by atoms with E-state index in [9.17, 15) is 0 Å². The van der Waals surface area contributed by atoms with Gasteiger partial charge in [-0.05, 0) is 107 Å². The summed E-state index contributed by atoms with van der Waals surface area (Å²) in [5.41, 5.74) is 2.29. The van der Waals surface area contributed by atoms with Gasteiger partial charge in [0, 0.05) is 54.5 Å². The first-order valence-corrected chi connectivity index (χ1v) is 13.7. The van der Waals surface area contributed by atoms with Gasteiger partial charge in [0.2, 0.25) is 0 Å². The van der Waals surface area contributed by atoms with Gasteiger partial charge in [0.1, 0.15) is 5.75 Å². The topological polar surface area (TPSA) is 23.9 Å². The van der Waals surface area contributed by atoms with Crippen molar-refractivity contribution in [1.29, 1.82) is 0 Å². The summed E-state index contributed by atoms with van der Waals surface area (Å²) in [4.78, 5) is 7.87. The quantitative estimate of drug-likeness (QED) is 0.364. The molecule has 2 aliphatic heterocycles. The lowest BCUT2D eigenvalue weighted by molar-refractivity contribution is 0.0639. The molecular formula is C29H39ClN4O. The fourth-order valence-electron chi connectivity index (χ4n) is 5.55. The van der Waals surface area contributed by atoms with E-state index >= 15 is 0 Å². The van der Waals surface area contributed by atoms with Crippen LogP contribution in [0.5, 0.6) is 5.75 Å². The van der Waals surface area contributed by atoms with E-state index in [1.165, 1.54) is 82.4 Å². The molecule has 2 aliphatic rings. The van der Waals surface area contributed by atoms with Crippen LogP contribution in [-0.2, 0) is 0 Å². The van der Waals surface area contributed by atoms with Gasteiger partial charge in [-0.25, -0.2) is 0 Å². The Morgan fingerprint density at radius 2 is 1.63 bits per heavy atom. The van der Waals surface area contributed by atoms with Crippen molar-refractivity contribution in [3.63, 3.8) is 0 Å². The Labute approximate surface area is 215 Å². The lowest BCUT2D eigenvalue weighted by Crippen LogP contribution is -2.52. The van der Waals surface area contributed by atoms with Gasteiger partial charge in [-0.3, -0.25) is 4.90 Å². The number of halogens is 1. The molecule has 0 amide bonds. The SMILES string of the molecule is CN1CCC(N2CCN(CCCCCOc3ccc4c(ccn4-c4ccc(Cl)cc4)c3)CC2)CC1. The largest absolute Gasteiger partial charge is 0.494 e. The van der Waals surface area contributed by atoms with Crippen LogP contribution in [0.2, 0.25) is 5.02 Å². The van der Waals surface area contributed by atoms with Crippen LogP contribution in [0.1, 0.15) is 32.1 Å². The molecule has 0 aliphatic carbocycles. The molecule has 0 spiro atoms. The summed E-state index contributed by atoms with van der Waals surface area (Å²) >= 11 is 6.04. The van der Waals surface area contributed by atoms with Crippen LogP contribution in [0.15, 0.2) is 54.7 Å². The highest BCUT2D eigenvalue weighted by Gasteiger charge is 2.26. The van der Waals surface area contributed by atoms with Gasteiger partial charge in [0.05, 0.1) is 12.1 Å². The second-order valence-corrected chi connectivity index (χ2v) is 10.6. The van der Waals surface area contributed by atoms with Crippen LogP contribution >= 0.6 is 11.6 Å². The monoisotopic (exact) mass is 494 g/mol. The third-order valence-corrected chi connectivity index (χ3v) is 8.02. The number of ether oxygens (including phenoxy) is 1. The van der Waals surface area contributed by atoms with Gasteiger partial charge in [0.25, 0.3) is 0 Å². The molecule has 0 unspecified atom stereocenters. The smallest absolute Gasteiger partial charge is 0.120 e. The highest BCUT2D eigenvalue weighted by Crippen LogP contribution is 2.26. The summed E-state index contributed by atoms with van der Waals surface area (Å²) in [5.74, 6) is 0.955. The molecule has 2 aromatic carbocycles. The number of piperidine rings is 1. The number of likely N-dealkylation sites (tertiary alicyclic amines) is 1. The number of hydrogen-bond acceptors (Lipinski definition) is 4. The molecule has 0 atom stereocenters. The van der Waals surface area contributed by atoms with Gasteiger partial charge in [-0.1, -0.05) is 11.6 Å². The Hall–Kier alpha value is -2.05. The lowest BCUT2D eigenvalue weighted by Gasteiger charge is -2.42. The minimum atomic E-state index is 0.756. The third-order valence-electron chi connectivity index (χ3n) is 7.77. The Kier molecular flexibility index (Phi) is 8.30. The first-order chi connectivity index (χ1) is 17.2. The third kappa shape index (κ3) is 6.39.